The van der Waals surface area contributed by atoms with Gasteiger partial charge in [0.15, 0.2) is 0 Å². The van der Waals surface area contributed by atoms with Crippen LogP contribution in [0.1, 0.15) is 5.56 Å². The fourth-order valence-electron chi connectivity index (χ4n) is 1.04. The average molecular weight is 262 g/mol. The first-order valence-corrected chi connectivity index (χ1v) is 4.79. The van der Waals surface area contributed by atoms with Crippen LogP contribution in [-0.2, 0) is 6.42 Å². The molecule has 14 heavy (non-hydrogen) atoms. The summed E-state index contributed by atoms with van der Waals surface area (Å²) in [7, 11) is 0. The van der Waals surface area contributed by atoms with Gasteiger partial charge in [0, 0.05) is 11.0 Å². The lowest BCUT2D eigenvalue weighted by molar-refractivity contribution is 0.194. The van der Waals surface area contributed by atoms with Crippen molar-refractivity contribution < 1.29 is 14.3 Å². The summed E-state index contributed by atoms with van der Waals surface area (Å²) in [5, 5.41) is 10.5. The molecule has 1 rings (SSSR count). The molecule has 0 fully saturated rings. The molecule has 1 aromatic carbocycles. The molecule has 76 valence electrons. The number of rotatable bonds is 3. The Labute approximate surface area is 89.1 Å². The van der Waals surface area contributed by atoms with Crippen LogP contribution in [0.4, 0.5) is 9.18 Å². The standard InChI is InChI=1S/C9H9BrFNO2/c10-7-1-2-8(11)6(5-7)3-4-12-9(13)14/h1-2,5,12H,3-4H2,(H,13,14). The summed E-state index contributed by atoms with van der Waals surface area (Å²) in [4.78, 5) is 10.1. The first kappa shape index (κ1) is 11.0. The van der Waals surface area contributed by atoms with Crippen LogP contribution in [0.25, 0.3) is 0 Å². The fourth-order valence-corrected chi connectivity index (χ4v) is 1.45. The van der Waals surface area contributed by atoms with Gasteiger partial charge in [-0.05, 0) is 30.2 Å². The molecule has 0 bridgehead atoms. The number of benzene rings is 1. The van der Waals surface area contributed by atoms with Gasteiger partial charge in [0.2, 0.25) is 0 Å². The molecule has 0 radical (unpaired) electrons. The van der Waals surface area contributed by atoms with Crippen molar-refractivity contribution in [1.29, 1.82) is 0 Å². The number of amides is 1. The SMILES string of the molecule is O=C(O)NCCc1cc(Br)ccc1F. The molecule has 0 aliphatic heterocycles. The summed E-state index contributed by atoms with van der Waals surface area (Å²) in [6.07, 6.45) is -0.752. The molecule has 3 nitrogen and oxygen atoms in total. The lowest BCUT2D eigenvalue weighted by Gasteiger charge is -2.03. The molecule has 0 heterocycles. The Hall–Kier alpha value is -1.10. The molecular weight excluding hydrogens is 253 g/mol. The lowest BCUT2D eigenvalue weighted by Crippen LogP contribution is -2.23. The van der Waals surface area contributed by atoms with E-state index in [1.54, 1.807) is 12.1 Å². The Morgan fingerprint density at radius 1 is 1.57 bits per heavy atom. The van der Waals surface area contributed by atoms with Crippen LogP contribution >= 0.6 is 15.9 Å². The first-order valence-electron chi connectivity index (χ1n) is 4.00. The number of carbonyl (C=O) groups is 1. The smallest absolute Gasteiger partial charge is 0.404 e. The van der Waals surface area contributed by atoms with Gasteiger partial charge in [-0.2, -0.15) is 0 Å². The van der Waals surface area contributed by atoms with Gasteiger partial charge in [-0.25, -0.2) is 9.18 Å². The highest BCUT2D eigenvalue weighted by Crippen LogP contribution is 2.15. The summed E-state index contributed by atoms with van der Waals surface area (Å²) < 4.78 is 13.9. The molecule has 0 saturated carbocycles. The highest BCUT2D eigenvalue weighted by Gasteiger charge is 2.03. The molecular formula is C9H9BrFNO2. The molecule has 1 aromatic rings. The zero-order chi connectivity index (χ0) is 10.6. The van der Waals surface area contributed by atoms with Gasteiger partial charge in [0.1, 0.15) is 5.82 Å². The first-order chi connectivity index (χ1) is 6.59. The van der Waals surface area contributed by atoms with E-state index in [2.05, 4.69) is 21.2 Å². The maximum Gasteiger partial charge on any atom is 0.404 e. The second kappa shape index (κ2) is 4.95. The number of nitrogens with one attached hydrogen (secondary N) is 1. The van der Waals surface area contributed by atoms with Gasteiger partial charge in [0.05, 0.1) is 0 Å². The third-order valence-corrected chi connectivity index (χ3v) is 2.17. The topological polar surface area (TPSA) is 49.3 Å². The molecule has 1 amide bonds. The van der Waals surface area contributed by atoms with Gasteiger partial charge in [-0.1, -0.05) is 15.9 Å². The summed E-state index contributed by atoms with van der Waals surface area (Å²) in [5.41, 5.74) is 0.494. The van der Waals surface area contributed by atoms with E-state index in [0.29, 0.717) is 12.0 Å². The van der Waals surface area contributed by atoms with Gasteiger partial charge in [-0.15, -0.1) is 0 Å². The highest BCUT2D eigenvalue weighted by molar-refractivity contribution is 9.10. The number of carboxylic acid groups (broad SMARTS) is 1. The zero-order valence-corrected chi connectivity index (χ0v) is 8.84. The largest absolute Gasteiger partial charge is 0.465 e. The maximum atomic E-state index is 13.1. The molecule has 0 unspecified atom stereocenters. The quantitative estimate of drug-likeness (QED) is 0.878. The minimum absolute atomic E-state index is 0.211. The summed E-state index contributed by atoms with van der Waals surface area (Å²) >= 11 is 3.21. The fraction of sp³-hybridized carbons (Fsp3) is 0.222. The van der Waals surface area contributed by atoms with Crippen molar-refractivity contribution in [1.82, 2.24) is 5.32 Å². The molecule has 0 saturated heterocycles. The van der Waals surface area contributed by atoms with E-state index in [4.69, 9.17) is 5.11 Å². The Kier molecular flexibility index (Phi) is 3.88. The Morgan fingerprint density at radius 3 is 2.93 bits per heavy atom. The molecule has 0 aliphatic carbocycles. The second-order valence-corrected chi connectivity index (χ2v) is 3.63. The number of halogens is 2. The van der Waals surface area contributed by atoms with E-state index in [9.17, 15) is 9.18 Å². The number of hydrogen-bond donors (Lipinski definition) is 2. The molecule has 0 atom stereocenters. The highest BCUT2D eigenvalue weighted by atomic mass is 79.9. The molecule has 5 heteroatoms. The van der Waals surface area contributed by atoms with E-state index < -0.39 is 6.09 Å². The predicted molar refractivity (Wildman–Crippen MR) is 53.8 cm³/mol. The normalized spacial score (nSPS) is 9.86. The van der Waals surface area contributed by atoms with Crippen LogP contribution in [0, 0.1) is 5.82 Å². The predicted octanol–water partition coefficient (Wildman–Crippen LogP) is 2.40. The molecule has 0 aromatic heterocycles. The monoisotopic (exact) mass is 261 g/mol. The average Bonchev–Trinajstić information content (AvgIpc) is 2.10. The van der Waals surface area contributed by atoms with Crippen molar-refractivity contribution in [2.24, 2.45) is 0 Å². The Morgan fingerprint density at radius 2 is 2.29 bits per heavy atom. The van der Waals surface area contributed by atoms with Crippen molar-refractivity contribution in [2.45, 2.75) is 6.42 Å². The van der Waals surface area contributed by atoms with Crippen molar-refractivity contribution in [3.05, 3.63) is 34.1 Å². The summed E-state index contributed by atoms with van der Waals surface area (Å²) in [5.74, 6) is -0.319. The van der Waals surface area contributed by atoms with E-state index in [1.807, 2.05) is 0 Å². The van der Waals surface area contributed by atoms with Crippen LogP contribution in [0.15, 0.2) is 22.7 Å². The van der Waals surface area contributed by atoms with Gasteiger partial charge in [-0.3, -0.25) is 0 Å². The van der Waals surface area contributed by atoms with E-state index >= 15 is 0 Å². The minimum Gasteiger partial charge on any atom is -0.465 e. The minimum atomic E-state index is -1.10. The Bertz CT molecular complexity index is 344. The van der Waals surface area contributed by atoms with Crippen molar-refractivity contribution in [2.75, 3.05) is 6.54 Å². The molecule has 0 spiro atoms. The zero-order valence-electron chi connectivity index (χ0n) is 7.26. The van der Waals surface area contributed by atoms with E-state index in [0.717, 1.165) is 4.47 Å². The van der Waals surface area contributed by atoms with Gasteiger partial charge in [0.25, 0.3) is 0 Å². The lowest BCUT2D eigenvalue weighted by atomic mass is 10.1. The maximum absolute atomic E-state index is 13.1. The third kappa shape index (κ3) is 3.33. The summed E-state index contributed by atoms with van der Waals surface area (Å²) in [6, 6.07) is 4.59. The van der Waals surface area contributed by atoms with Crippen LogP contribution in [-0.4, -0.2) is 17.7 Å². The van der Waals surface area contributed by atoms with Crippen LogP contribution in [0.5, 0.6) is 0 Å². The van der Waals surface area contributed by atoms with Gasteiger partial charge < -0.3 is 10.4 Å². The van der Waals surface area contributed by atoms with E-state index in [-0.39, 0.29) is 12.4 Å². The second-order valence-electron chi connectivity index (χ2n) is 2.72. The summed E-state index contributed by atoms with van der Waals surface area (Å²) in [6.45, 7) is 0.211. The van der Waals surface area contributed by atoms with Gasteiger partial charge >= 0.3 is 6.09 Å². The van der Waals surface area contributed by atoms with E-state index in [1.165, 1.54) is 6.07 Å². The van der Waals surface area contributed by atoms with Crippen molar-refractivity contribution in [3.8, 4) is 0 Å². The molecule has 2 N–H and O–H groups in total. The number of hydrogen-bond acceptors (Lipinski definition) is 1. The Balaban J connectivity index is 2.57. The van der Waals surface area contributed by atoms with Crippen LogP contribution < -0.4 is 5.32 Å². The van der Waals surface area contributed by atoms with Crippen molar-refractivity contribution in [3.63, 3.8) is 0 Å². The van der Waals surface area contributed by atoms with Crippen LogP contribution in [0.2, 0.25) is 0 Å². The van der Waals surface area contributed by atoms with Crippen molar-refractivity contribution >= 4 is 22.0 Å². The van der Waals surface area contributed by atoms with Crippen LogP contribution in [0.3, 0.4) is 0 Å². The molecule has 0 aliphatic rings. The third-order valence-electron chi connectivity index (χ3n) is 1.68.